The van der Waals surface area contributed by atoms with E-state index in [9.17, 15) is 9.59 Å². The van der Waals surface area contributed by atoms with Gasteiger partial charge in [-0.3, -0.25) is 9.59 Å². The summed E-state index contributed by atoms with van der Waals surface area (Å²) in [7, 11) is 0. The molecule has 1 saturated heterocycles. The van der Waals surface area contributed by atoms with Crippen molar-refractivity contribution in [2.45, 2.75) is 39.2 Å². The van der Waals surface area contributed by atoms with E-state index in [1.165, 1.54) is 0 Å². The number of anilines is 1. The third kappa shape index (κ3) is 5.03. The molecule has 1 saturated carbocycles. The average molecular weight is 422 g/mol. The van der Waals surface area contributed by atoms with Gasteiger partial charge in [0.1, 0.15) is 0 Å². The summed E-state index contributed by atoms with van der Waals surface area (Å²) in [5, 5.41) is 8.77. The number of aromatic nitrogens is 2. The summed E-state index contributed by atoms with van der Waals surface area (Å²) >= 11 is 0. The van der Waals surface area contributed by atoms with Crippen molar-refractivity contribution in [2.24, 2.45) is 5.92 Å². The second kappa shape index (κ2) is 9.45. The summed E-state index contributed by atoms with van der Waals surface area (Å²) in [6.45, 7) is 6.97. The van der Waals surface area contributed by atoms with Gasteiger partial charge in [0.25, 0.3) is 0 Å². The van der Waals surface area contributed by atoms with Crippen molar-refractivity contribution in [3.8, 4) is 11.3 Å². The molecule has 1 aliphatic carbocycles. The Kier molecular flexibility index (Phi) is 6.49. The van der Waals surface area contributed by atoms with Gasteiger partial charge in [-0.15, -0.1) is 10.2 Å². The molecule has 1 unspecified atom stereocenters. The molecule has 2 fully saturated rings. The molecule has 31 heavy (non-hydrogen) atoms. The van der Waals surface area contributed by atoms with Crippen molar-refractivity contribution in [1.82, 2.24) is 20.0 Å². The fraction of sp³-hybridized carbons (Fsp3) is 0.500. The summed E-state index contributed by atoms with van der Waals surface area (Å²) in [4.78, 5) is 31.4. The van der Waals surface area contributed by atoms with Gasteiger partial charge in [-0.25, -0.2) is 0 Å². The zero-order valence-electron chi connectivity index (χ0n) is 18.4. The Morgan fingerprint density at radius 2 is 1.74 bits per heavy atom. The number of amides is 2. The standard InChI is InChI=1S/C24H31N5O2/c1-3-18(2)29(24(31)20-9-10-20)17-23(30)28-15-13-27(14-16-28)22-12-11-21(25-26-22)19-7-5-4-6-8-19/h4-8,11-12,18,20H,3,9-10,13-17H2,1-2H3. The number of rotatable bonds is 7. The largest absolute Gasteiger partial charge is 0.352 e. The van der Waals surface area contributed by atoms with Gasteiger partial charge in [0.2, 0.25) is 11.8 Å². The number of nitrogens with zero attached hydrogens (tertiary/aromatic N) is 5. The highest BCUT2D eigenvalue weighted by Gasteiger charge is 2.36. The maximum atomic E-state index is 12.9. The van der Waals surface area contributed by atoms with Crippen molar-refractivity contribution >= 4 is 17.6 Å². The highest BCUT2D eigenvalue weighted by atomic mass is 16.2. The Morgan fingerprint density at radius 1 is 1.03 bits per heavy atom. The van der Waals surface area contributed by atoms with Crippen LogP contribution in [-0.2, 0) is 9.59 Å². The first-order chi connectivity index (χ1) is 15.1. The number of hydrogen-bond acceptors (Lipinski definition) is 5. The van der Waals surface area contributed by atoms with Gasteiger partial charge >= 0.3 is 0 Å². The summed E-state index contributed by atoms with van der Waals surface area (Å²) in [6, 6.07) is 14.1. The van der Waals surface area contributed by atoms with Crippen LogP contribution < -0.4 is 4.90 Å². The second-order valence-corrected chi connectivity index (χ2v) is 8.51. The van der Waals surface area contributed by atoms with Crippen molar-refractivity contribution in [3.05, 3.63) is 42.5 Å². The molecular formula is C24H31N5O2. The molecule has 1 aliphatic heterocycles. The van der Waals surface area contributed by atoms with Gasteiger partial charge in [-0.05, 0) is 38.3 Å². The number of benzene rings is 1. The lowest BCUT2D eigenvalue weighted by Gasteiger charge is -2.37. The molecule has 7 heteroatoms. The highest BCUT2D eigenvalue weighted by Crippen LogP contribution is 2.32. The van der Waals surface area contributed by atoms with E-state index in [1.807, 2.05) is 54.3 Å². The van der Waals surface area contributed by atoms with Crippen LogP contribution in [0.25, 0.3) is 11.3 Å². The van der Waals surface area contributed by atoms with E-state index in [4.69, 9.17) is 0 Å². The maximum absolute atomic E-state index is 12.9. The van der Waals surface area contributed by atoms with Gasteiger partial charge in [0, 0.05) is 43.7 Å². The molecule has 4 rings (SSSR count). The minimum atomic E-state index is 0.0412. The number of carbonyl (C=O) groups excluding carboxylic acids is 2. The minimum absolute atomic E-state index is 0.0412. The molecule has 2 heterocycles. The van der Waals surface area contributed by atoms with Gasteiger partial charge in [-0.2, -0.15) is 0 Å². The van der Waals surface area contributed by atoms with Crippen LogP contribution in [0.1, 0.15) is 33.1 Å². The average Bonchev–Trinajstić information content (AvgIpc) is 3.68. The third-order valence-corrected chi connectivity index (χ3v) is 6.31. The molecule has 164 valence electrons. The summed E-state index contributed by atoms with van der Waals surface area (Å²) in [5.74, 6) is 1.16. The predicted octanol–water partition coefficient (Wildman–Crippen LogP) is 2.83. The molecule has 0 spiro atoms. The summed E-state index contributed by atoms with van der Waals surface area (Å²) < 4.78 is 0. The second-order valence-electron chi connectivity index (χ2n) is 8.51. The number of carbonyl (C=O) groups is 2. The molecule has 1 atom stereocenters. The van der Waals surface area contributed by atoms with Crippen molar-refractivity contribution in [3.63, 3.8) is 0 Å². The van der Waals surface area contributed by atoms with E-state index in [0.29, 0.717) is 26.2 Å². The predicted molar refractivity (Wildman–Crippen MR) is 120 cm³/mol. The van der Waals surface area contributed by atoms with Gasteiger partial charge < -0.3 is 14.7 Å². The quantitative estimate of drug-likeness (QED) is 0.688. The van der Waals surface area contributed by atoms with Gasteiger partial charge in [0.15, 0.2) is 5.82 Å². The van der Waals surface area contributed by atoms with Crippen LogP contribution in [0.3, 0.4) is 0 Å². The maximum Gasteiger partial charge on any atom is 0.242 e. The van der Waals surface area contributed by atoms with Crippen molar-refractivity contribution in [2.75, 3.05) is 37.6 Å². The summed E-state index contributed by atoms with van der Waals surface area (Å²) in [6.07, 6.45) is 2.78. The molecular weight excluding hydrogens is 390 g/mol. The molecule has 7 nitrogen and oxygen atoms in total. The SMILES string of the molecule is CCC(C)N(CC(=O)N1CCN(c2ccc(-c3ccccc3)nn2)CC1)C(=O)C1CC1. The Labute approximate surface area is 184 Å². The van der Waals surface area contributed by atoms with E-state index in [0.717, 1.165) is 36.3 Å². The fourth-order valence-corrected chi connectivity index (χ4v) is 3.92. The first kappa shape index (κ1) is 21.3. The summed E-state index contributed by atoms with van der Waals surface area (Å²) in [5.41, 5.74) is 1.90. The minimum Gasteiger partial charge on any atom is -0.352 e. The van der Waals surface area contributed by atoms with E-state index >= 15 is 0 Å². The fourth-order valence-electron chi connectivity index (χ4n) is 3.92. The normalized spacial score (nSPS) is 17.4. The molecule has 0 N–H and O–H groups in total. The first-order valence-corrected chi connectivity index (χ1v) is 11.3. The lowest BCUT2D eigenvalue weighted by atomic mass is 10.1. The van der Waals surface area contributed by atoms with Crippen LogP contribution in [0.4, 0.5) is 5.82 Å². The monoisotopic (exact) mass is 421 g/mol. The Balaban J connectivity index is 1.32. The van der Waals surface area contributed by atoms with Crippen LogP contribution in [0, 0.1) is 5.92 Å². The van der Waals surface area contributed by atoms with Crippen molar-refractivity contribution in [1.29, 1.82) is 0 Å². The lowest BCUT2D eigenvalue weighted by Crippen LogP contribution is -2.53. The topological polar surface area (TPSA) is 69.6 Å². The number of piperazine rings is 1. The smallest absolute Gasteiger partial charge is 0.242 e. The van der Waals surface area contributed by atoms with E-state index in [1.54, 1.807) is 4.90 Å². The molecule has 1 aromatic carbocycles. The van der Waals surface area contributed by atoms with E-state index in [-0.39, 0.29) is 30.3 Å². The van der Waals surface area contributed by atoms with E-state index < -0.39 is 0 Å². The van der Waals surface area contributed by atoms with Crippen LogP contribution in [0.2, 0.25) is 0 Å². The lowest BCUT2D eigenvalue weighted by molar-refractivity contribution is -0.143. The molecule has 2 aliphatic rings. The van der Waals surface area contributed by atoms with Crippen LogP contribution in [0.15, 0.2) is 42.5 Å². The van der Waals surface area contributed by atoms with Crippen LogP contribution >= 0.6 is 0 Å². The van der Waals surface area contributed by atoms with Gasteiger partial charge in [-0.1, -0.05) is 37.3 Å². The number of hydrogen-bond donors (Lipinski definition) is 0. The zero-order valence-corrected chi connectivity index (χ0v) is 18.4. The van der Waals surface area contributed by atoms with E-state index in [2.05, 4.69) is 22.0 Å². The first-order valence-electron chi connectivity index (χ1n) is 11.3. The highest BCUT2D eigenvalue weighted by molar-refractivity contribution is 5.87. The molecule has 0 bridgehead atoms. The van der Waals surface area contributed by atoms with Crippen molar-refractivity contribution < 1.29 is 9.59 Å². The third-order valence-electron chi connectivity index (χ3n) is 6.31. The molecule has 2 aromatic rings. The molecule has 0 radical (unpaired) electrons. The van der Waals surface area contributed by atoms with Crippen LogP contribution in [0.5, 0.6) is 0 Å². The van der Waals surface area contributed by atoms with Crippen LogP contribution in [-0.4, -0.2) is 70.6 Å². The Morgan fingerprint density at radius 3 is 2.32 bits per heavy atom. The zero-order chi connectivity index (χ0) is 21.8. The van der Waals surface area contributed by atoms with Gasteiger partial charge in [0.05, 0.1) is 12.2 Å². The molecule has 1 aromatic heterocycles. The molecule has 2 amide bonds. The Bertz CT molecular complexity index is 890. The Hall–Kier alpha value is -2.96.